The molecule has 5 heteroatoms. The molecule has 0 saturated heterocycles. The van der Waals surface area contributed by atoms with Gasteiger partial charge in [-0.05, 0) is 12.8 Å². The minimum atomic E-state index is -0.813. The molecular formula is C10H17NO4. The highest BCUT2D eigenvalue weighted by Crippen LogP contribution is 2.02. The number of imide groups is 1. The third-order valence-corrected chi connectivity index (χ3v) is 2.04. The lowest BCUT2D eigenvalue weighted by molar-refractivity contribution is -0.139. The Kier molecular flexibility index (Phi) is 7.23. The van der Waals surface area contributed by atoms with Gasteiger partial charge in [0, 0.05) is 19.4 Å². The highest BCUT2D eigenvalue weighted by molar-refractivity contribution is 5.85. The lowest BCUT2D eigenvalue weighted by Crippen LogP contribution is -2.29. The Hall–Kier alpha value is -1.39. The third kappa shape index (κ3) is 6.65. The van der Waals surface area contributed by atoms with E-state index in [0.29, 0.717) is 38.6 Å². The number of hydrogen-bond acceptors (Lipinski definition) is 3. The summed E-state index contributed by atoms with van der Waals surface area (Å²) >= 11 is 0. The van der Waals surface area contributed by atoms with Gasteiger partial charge in [0.05, 0.1) is 0 Å². The summed E-state index contributed by atoms with van der Waals surface area (Å²) in [5, 5.41) is 8.37. The summed E-state index contributed by atoms with van der Waals surface area (Å²) in [5.74, 6) is -1.00. The molecule has 0 spiro atoms. The lowest BCUT2D eigenvalue weighted by atomic mass is 10.2. The van der Waals surface area contributed by atoms with E-state index in [1.165, 1.54) is 0 Å². The summed E-state index contributed by atoms with van der Waals surface area (Å²) in [6.45, 7) is 2.08. The second-order valence-corrected chi connectivity index (χ2v) is 3.25. The summed E-state index contributed by atoms with van der Waals surface area (Å²) in [6, 6.07) is 0. The molecule has 0 aromatic heterocycles. The first-order valence-electron chi connectivity index (χ1n) is 5.08. The van der Waals surface area contributed by atoms with E-state index in [-0.39, 0.29) is 12.3 Å². The van der Waals surface area contributed by atoms with E-state index in [1.54, 1.807) is 6.92 Å². The molecule has 0 unspecified atom stereocenters. The van der Waals surface area contributed by atoms with Gasteiger partial charge in [-0.15, -0.1) is 0 Å². The van der Waals surface area contributed by atoms with E-state index in [0.717, 1.165) is 4.90 Å². The van der Waals surface area contributed by atoms with Crippen molar-refractivity contribution in [2.24, 2.45) is 0 Å². The van der Waals surface area contributed by atoms with Crippen molar-refractivity contribution >= 4 is 18.3 Å². The monoisotopic (exact) mass is 215 g/mol. The van der Waals surface area contributed by atoms with E-state index in [4.69, 9.17) is 5.11 Å². The van der Waals surface area contributed by atoms with Crippen molar-refractivity contribution in [2.45, 2.75) is 39.0 Å². The van der Waals surface area contributed by atoms with E-state index in [1.807, 2.05) is 0 Å². The number of rotatable bonds is 8. The lowest BCUT2D eigenvalue weighted by Gasteiger charge is -2.13. The number of hydrogen-bond donors (Lipinski definition) is 1. The fourth-order valence-electron chi connectivity index (χ4n) is 1.17. The van der Waals surface area contributed by atoms with Crippen LogP contribution in [0.5, 0.6) is 0 Å². The molecule has 1 N–H and O–H groups in total. The van der Waals surface area contributed by atoms with Gasteiger partial charge in [0.25, 0.3) is 0 Å². The molecule has 0 radical (unpaired) electrons. The van der Waals surface area contributed by atoms with E-state index < -0.39 is 5.97 Å². The molecular weight excluding hydrogens is 198 g/mol. The van der Waals surface area contributed by atoms with Crippen LogP contribution in [0.1, 0.15) is 39.0 Å². The summed E-state index contributed by atoms with van der Waals surface area (Å²) in [4.78, 5) is 32.9. The van der Waals surface area contributed by atoms with Crippen molar-refractivity contribution in [2.75, 3.05) is 6.54 Å². The molecule has 0 rings (SSSR count). The third-order valence-electron chi connectivity index (χ3n) is 2.04. The number of nitrogens with zero attached hydrogens (tertiary/aromatic N) is 1. The molecule has 0 fully saturated rings. The van der Waals surface area contributed by atoms with Gasteiger partial charge in [-0.2, -0.15) is 0 Å². The van der Waals surface area contributed by atoms with Crippen LogP contribution >= 0.6 is 0 Å². The first-order valence-corrected chi connectivity index (χ1v) is 5.08. The fourth-order valence-corrected chi connectivity index (χ4v) is 1.17. The summed E-state index contributed by atoms with van der Waals surface area (Å²) in [5.41, 5.74) is 0. The van der Waals surface area contributed by atoms with Gasteiger partial charge in [-0.3, -0.25) is 19.3 Å². The number of carbonyl (C=O) groups is 3. The largest absolute Gasteiger partial charge is 0.481 e. The maximum atomic E-state index is 11.1. The van der Waals surface area contributed by atoms with Crippen molar-refractivity contribution < 1.29 is 19.5 Å². The maximum absolute atomic E-state index is 11.1. The van der Waals surface area contributed by atoms with Gasteiger partial charge in [-0.25, -0.2) is 0 Å². The quantitative estimate of drug-likeness (QED) is 0.484. The van der Waals surface area contributed by atoms with Crippen LogP contribution in [0, 0.1) is 0 Å². The van der Waals surface area contributed by atoms with Crippen LogP contribution < -0.4 is 0 Å². The Balaban J connectivity index is 3.59. The van der Waals surface area contributed by atoms with Crippen LogP contribution in [0.25, 0.3) is 0 Å². The highest BCUT2D eigenvalue weighted by Gasteiger charge is 2.08. The highest BCUT2D eigenvalue weighted by atomic mass is 16.4. The average molecular weight is 215 g/mol. The zero-order valence-electron chi connectivity index (χ0n) is 8.94. The van der Waals surface area contributed by atoms with Crippen molar-refractivity contribution in [3.05, 3.63) is 0 Å². The predicted molar refractivity (Wildman–Crippen MR) is 54.2 cm³/mol. The Morgan fingerprint density at radius 2 is 1.93 bits per heavy atom. The zero-order valence-corrected chi connectivity index (χ0v) is 8.94. The van der Waals surface area contributed by atoms with Crippen molar-refractivity contribution in [1.29, 1.82) is 0 Å². The molecule has 0 aliphatic rings. The standard InChI is InChI=1S/C10H17NO4/c1-2-9(13)11(8-12)7-5-3-4-6-10(14)15/h8H,2-7H2,1H3,(H,14,15). The molecule has 0 bridgehead atoms. The van der Waals surface area contributed by atoms with Crippen molar-refractivity contribution in [1.82, 2.24) is 4.90 Å². The number of carbonyl (C=O) groups excluding carboxylic acids is 2. The number of aliphatic carboxylic acids is 1. The van der Waals surface area contributed by atoms with Crippen LogP contribution in [-0.4, -0.2) is 34.8 Å². The van der Waals surface area contributed by atoms with Gasteiger partial charge < -0.3 is 5.11 Å². The van der Waals surface area contributed by atoms with E-state index >= 15 is 0 Å². The van der Waals surface area contributed by atoms with Crippen molar-refractivity contribution in [3.8, 4) is 0 Å². The molecule has 0 aliphatic carbocycles. The van der Waals surface area contributed by atoms with E-state index in [9.17, 15) is 14.4 Å². The Labute approximate surface area is 89.1 Å². The molecule has 0 aliphatic heterocycles. The van der Waals surface area contributed by atoms with Gasteiger partial charge in [0.15, 0.2) is 0 Å². The van der Waals surface area contributed by atoms with Crippen LogP contribution in [0.3, 0.4) is 0 Å². The molecule has 15 heavy (non-hydrogen) atoms. The zero-order chi connectivity index (χ0) is 11.7. The number of amides is 2. The van der Waals surface area contributed by atoms with Crippen molar-refractivity contribution in [3.63, 3.8) is 0 Å². The predicted octanol–water partition coefficient (Wildman–Crippen LogP) is 1.03. The van der Waals surface area contributed by atoms with Crippen LogP contribution in [0.15, 0.2) is 0 Å². The summed E-state index contributed by atoms with van der Waals surface area (Å²) in [7, 11) is 0. The molecule has 0 atom stereocenters. The SMILES string of the molecule is CCC(=O)N(C=O)CCCCCC(=O)O. The molecule has 5 nitrogen and oxygen atoms in total. The maximum Gasteiger partial charge on any atom is 0.303 e. The van der Waals surface area contributed by atoms with Gasteiger partial charge in [0.1, 0.15) is 0 Å². The summed E-state index contributed by atoms with van der Waals surface area (Å²) in [6.07, 6.45) is 2.95. The molecule has 86 valence electrons. The first kappa shape index (κ1) is 13.6. The van der Waals surface area contributed by atoms with Gasteiger partial charge in [0.2, 0.25) is 12.3 Å². The molecule has 0 saturated carbocycles. The fraction of sp³-hybridized carbons (Fsp3) is 0.700. The topological polar surface area (TPSA) is 74.7 Å². The minimum Gasteiger partial charge on any atom is -0.481 e. The second-order valence-electron chi connectivity index (χ2n) is 3.25. The van der Waals surface area contributed by atoms with Gasteiger partial charge >= 0.3 is 5.97 Å². The normalized spacial score (nSPS) is 9.67. The minimum absolute atomic E-state index is 0.142. The van der Waals surface area contributed by atoms with E-state index in [2.05, 4.69) is 0 Å². The molecule has 2 amide bonds. The Bertz CT molecular complexity index is 227. The average Bonchev–Trinajstić information content (AvgIpc) is 2.22. The van der Waals surface area contributed by atoms with Crippen LogP contribution in [0.4, 0.5) is 0 Å². The molecule has 0 heterocycles. The number of carboxylic acids is 1. The Morgan fingerprint density at radius 3 is 2.40 bits per heavy atom. The first-order chi connectivity index (χ1) is 7.11. The summed E-state index contributed by atoms with van der Waals surface area (Å²) < 4.78 is 0. The smallest absolute Gasteiger partial charge is 0.303 e. The van der Waals surface area contributed by atoms with Crippen LogP contribution in [0.2, 0.25) is 0 Å². The molecule has 0 aromatic rings. The Morgan fingerprint density at radius 1 is 1.27 bits per heavy atom. The van der Waals surface area contributed by atoms with Crippen LogP contribution in [-0.2, 0) is 14.4 Å². The molecule has 0 aromatic carbocycles. The van der Waals surface area contributed by atoms with Gasteiger partial charge in [-0.1, -0.05) is 13.3 Å². The number of carboxylic acid groups (broad SMARTS) is 1. The second kappa shape index (κ2) is 7.96. The number of unbranched alkanes of at least 4 members (excludes halogenated alkanes) is 2.